The molecule has 1 aliphatic heterocycles. The summed E-state index contributed by atoms with van der Waals surface area (Å²) in [5, 5.41) is 8.65. The Labute approximate surface area is 109 Å². The number of nitrogens with zero attached hydrogens (tertiary/aromatic N) is 1. The number of carboxylic acid groups (broad SMARTS) is 1. The zero-order valence-electron chi connectivity index (χ0n) is 11.6. The highest BCUT2D eigenvalue weighted by molar-refractivity contribution is 7.89. The fraction of sp³-hybridized carbons (Fsp3) is 0.917. The topological polar surface area (TPSA) is 74.7 Å². The molecule has 1 N–H and O–H groups in total. The number of hydrogen-bond donors (Lipinski definition) is 1. The molecule has 0 aliphatic carbocycles. The van der Waals surface area contributed by atoms with E-state index in [1.165, 1.54) is 4.31 Å². The molecule has 0 aromatic heterocycles. The van der Waals surface area contributed by atoms with Crippen LogP contribution in [-0.2, 0) is 14.8 Å². The van der Waals surface area contributed by atoms with Crippen molar-refractivity contribution in [2.75, 3.05) is 5.75 Å². The number of hydrogen-bond acceptors (Lipinski definition) is 3. The van der Waals surface area contributed by atoms with Crippen molar-refractivity contribution in [2.45, 2.75) is 64.5 Å². The monoisotopic (exact) mass is 277 g/mol. The normalized spacial score (nSPS) is 23.8. The van der Waals surface area contributed by atoms with E-state index in [0.29, 0.717) is 0 Å². The van der Waals surface area contributed by atoms with E-state index >= 15 is 0 Å². The van der Waals surface area contributed by atoms with Gasteiger partial charge < -0.3 is 5.11 Å². The first kappa shape index (κ1) is 15.4. The third kappa shape index (κ3) is 3.23. The SMILES string of the molecule is CC1(C)CCCC(C)(C)N1S(=O)(=O)CCC(=O)O. The summed E-state index contributed by atoms with van der Waals surface area (Å²) in [5.74, 6) is -1.40. The maximum absolute atomic E-state index is 12.4. The predicted molar refractivity (Wildman–Crippen MR) is 69.9 cm³/mol. The molecule has 106 valence electrons. The molecule has 1 heterocycles. The molecule has 1 aliphatic rings. The van der Waals surface area contributed by atoms with Gasteiger partial charge in [-0.2, -0.15) is 4.31 Å². The molecule has 0 bridgehead atoms. The quantitative estimate of drug-likeness (QED) is 0.850. The van der Waals surface area contributed by atoms with Crippen molar-refractivity contribution in [3.05, 3.63) is 0 Å². The highest BCUT2D eigenvalue weighted by Gasteiger charge is 2.47. The number of carboxylic acids is 1. The van der Waals surface area contributed by atoms with Gasteiger partial charge in [-0.1, -0.05) is 0 Å². The van der Waals surface area contributed by atoms with Gasteiger partial charge in [0.1, 0.15) is 0 Å². The van der Waals surface area contributed by atoms with Crippen LogP contribution in [0.5, 0.6) is 0 Å². The van der Waals surface area contributed by atoms with Crippen molar-refractivity contribution in [3.63, 3.8) is 0 Å². The van der Waals surface area contributed by atoms with Crippen LogP contribution in [0.3, 0.4) is 0 Å². The van der Waals surface area contributed by atoms with Crippen LogP contribution < -0.4 is 0 Å². The fourth-order valence-corrected chi connectivity index (χ4v) is 5.34. The molecule has 5 nitrogen and oxygen atoms in total. The summed E-state index contributed by atoms with van der Waals surface area (Å²) in [4.78, 5) is 10.6. The van der Waals surface area contributed by atoms with Gasteiger partial charge >= 0.3 is 5.97 Å². The summed E-state index contributed by atoms with van der Waals surface area (Å²) in [6.45, 7) is 7.64. The molecule has 1 saturated heterocycles. The zero-order chi connectivity index (χ0) is 14.2. The molecular weight excluding hydrogens is 254 g/mol. The van der Waals surface area contributed by atoms with Crippen molar-refractivity contribution in [1.82, 2.24) is 4.31 Å². The van der Waals surface area contributed by atoms with Gasteiger partial charge in [-0.15, -0.1) is 0 Å². The summed E-state index contributed by atoms with van der Waals surface area (Å²) in [7, 11) is -3.54. The molecule has 0 aromatic carbocycles. The van der Waals surface area contributed by atoms with Crippen LogP contribution in [0.2, 0.25) is 0 Å². The van der Waals surface area contributed by atoms with Gasteiger partial charge in [0, 0.05) is 11.1 Å². The van der Waals surface area contributed by atoms with Gasteiger partial charge in [0.15, 0.2) is 0 Å². The number of rotatable bonds is 4. The Morgan fingerprint density at radius 1 is 1.17 bits per heavy atom. The van der Waals surface area contributed by atoms with Crippen LogP contribution in [0, 0.1) is 0 Å². The molecule has 0 saturated carbocycles. The first-order valence-corrected chi connectivity index (χ1v) is 7.85. The van der Waals surface area contributed by atoms with E-state index in [2.05, 4.69) is 0 Å². The van der Waals surface area contributed by atoms with Crippen molar-refractivity contribution >= 4 is 16.0 Å². The summed E-state index contributed by atoms with van der Waals surface area (Å²) in [6.07, 6.45) is 2.27. The summed E-state index contributed by atoms with van der Waals surface area (Å²) in [5.41, 5.74) is -0.891. The minimum atomic E-state index is -3.54. The number of piperidine rings is 1. The Morgan fingerprint density at radius 2 is 1.61 bits per heavy atom. The number of carbonyl (C=O) groups is 1. The second kappa shape index (κ2) is 4.81. The molecule has 1 rings (SSSR count). The Hall–Kier alpha value is -0.620. The van der Waals surface area contributed by atoms with Crippen molar-refractivity contribution < 1.29 is 18.3 Å². The highest BCUT2D eigenvalue weighted by Crippen LogP contribution is 2.40. The first-order valence-electron chi connectivity index (χ1n) is 6.24. The Bertz CT molecular complexity index is 409. The van der Waals surface area contributed by atoms with Gasteiger partial charge in [0.25, 0.3) is 0 Å². The average Bonchev–Trinajstić information content (AvgIpc) is 2.11. The lowest BCUT2D eigenvalue weighted by molar-refractivity contribution is -0.136. The van der Waals surface area contributed by atoms with Gasteiger partial charge in [-0.05, 0) is 47.0 Å². The maximum Gasteiger partial charge on any atom is 0.304 e. The third-order valence-corrected chi connectivity index (χ3v) is 5.79. The summed E-state index contributed by atoms with van der Waals surface area (Å²) >= 11 is 0. The lowest BCUT2D eigenvalue weighted by atomic mass is 9.83. The first-order chi connectivity index (χ1) is 7.99. The van der Waals surface area contributed by atoms with Crippen LogP contribution in [0.15, 0.2) is 0 Å². The molecule has 0 unspecified atom stereocenters. The van der Waals surface area contributed by atoms with Gasteiger partial charge in [-0.25, -0.2) is 8.42 Å². The molecule has 0 aromatic rings. The van der Waals surface area contributed by atoms with Crippen LogP contribution in [0.4, 0.5) is 0 Å². The van der Waals surface area contributed by atoms with E-state index < -0.39 is 27.1 Å². The highest BCUT2D eigenvalue weighted by atomic mass is 32.2. The molecule has 0 atom stereocenters. The van der Waals surface area contributed by atoms with E-state index in [-0.39, 0.29) is 12.2 Å². The maximum atomic E-state index is 12.4. The van der Waals surface area contributed by atoms with E-state index in [1.807, 2.05) is 27.7 Å². The summed E-state index contributed by atoms with van der Waals surface area (Å²) < 4.78 is 26.3. The smallest absolute Gasteiger partial charge is 0.304 e. The van der Waals surface area contributed by atoms with Crippen molar-refractivity contribution in [3.8, 4) is 0 Å². The summed E-state index contributed by atoms with van der Waals surface area (Å²) in [6, 6.07) is 0. The second-order valence-electron chi connectivity index (χ2n) is 6.20. The molecular formula is C12H23NO4S. The Morgan fingerprint density at radius 3 is 2.00 bits per heavy atom. The standard InChI is InChI=1S/C12H23NO4S/c1-11(2)7-5-8-12(3,4)13(11)18(16,17)9-6-10(14)15/h5-9H2,1-4H3,(H,14,15). The Kier molecular flexibility index (Phi) is 4.13. The van der Waals surface area contributed by atoms with Gasteiger partial charge in [-0.3, -0.25) is 4.79 Å². The fourth-order valence-electron chi connectivity index (χ4n) is 3.04. The number of aliphatic carboxylic acids is 1. The molecule has 0 spiro atoms. The van der Waals surface area contributed by atoms with E-state index in [1.54, 1.807) is 0 Å². The Balaban J connectivity index is 3.05. The molecule has 0 radical (unpaired) electrons. The lowest BCUT2D eigenvalue weighted by Gasteiger charge is -2.51. The second-order valence-corrected chi connectivity index (χ2v) is 8.14. The minimum absolute atomic E-state index is 0.324. The van der Waals surface area contributed by atoms with Gasteiger partial charge in [0.2, 0.25) is 10.0 Å². The average molecular weight is 277 g/mol. The van der Waals surface area contributed by atoms with Crippen molar-refractivity contribution in [1.29, 1.82) is 0 Å². The van der Waals surface area contributed by atoms with E-state index in [9.17, 15) is 13.2 Å². The molecule has 6 heteroatoms. The third-order valence-electron chi connectivity index (χ3n) is 3.53. The zero-order valence-corrected chi connectivity index (χ0v) is 12.4. The van der Waals surface area contributed by atoms with Crippen molar-refractivity contribution in [2.24, 2.45) is 0 Å². The van der Waals surface area contributed by atoms with E-state index in [4.69, 9.17) is 5.11 Å². The minimum Gasteiger partial charge on any atom is -0.481 e. The van der Waals surface area contributed by atoms with Gasteiger partial charge in [0.05, 0.1) is 12.2 Å². The van der Waals surface area contributed by atoms with Crippen LogP contribution in [-0.4, -0.2) is 40.6 Å². The predicted octanol–water partition coefficient (Wildman–Crippen LogP) is 1.83. The molecule has 1 fully saturated rings. The van der Waals surface area contributed by atoms with E-state index in [0.717, 1.165) is 19.3 Å². The number of sulfonamides is 1. The van der Waals surface area contributed by atoms with Crippen LogP contribution in [0.1, 0.15) is 53.4 Å². The lowest BCUT2D eigenvalue weighted by Crippen LogP contribution is -2.61. The largest absolute Gasteiger partial charge is 0.481 e. The molecule has 0 amide bonds. The molecule has 18 heavy (non-hydrogen) atoms. The van der Waals surface area contributed by atoms with Crippen LogP contribution in [0.25, 0.3) is 0 Å². The van der Waals surface area contributed by atoms with Crippen LogP contribution >= 0.6 is 0 Å².